The summed E-state index contributed by atoms with van der Waals surface area (Å²) >= 11 is 1.86. The smallest absolute Gasteiger partial charge is 0.307 e. The van der Waals surface area contributed by atoms with Crippen molar-refractivity contribution in [3.63, 3.8) is 0 Å². The standard InChI is InChI=1S/C12H14O2S/c13-12(14)9-6-8(9)11-5-7-3-1-2-4-10(7)15-11/h5,8-9H,1-4,6H2,(H,13,14)/t8-,9-/m1/s1. The molecule has 0 spiro atoms. The van der Waals surface area contributed by atoms with Gasteiger partial charge in [-0.2, -0.15) is 0 Å². The molecule has 15 heavy (non-hydrogen) atoms. The topological polar surface area (TPSA) is 37.3 Å². The van der Waals surface area contributed by atoms with Crippen molar-refractivity contribution in [2.75, 3.05) is 0 Å². The molecule has 1 heterocycles. The Morgan fingerprint density at radius 1 is 1.40 bits per heavy atom. The molecule has 0 bridgehead atoms. The zero-order valence-electron chi connectivity index (χ0n) is 8.53. The van der Waals surface area contributed by atoms with E-state index in [9.17, 15) is 4.79 Å². The van der Waals surface area contributed by atoms with Crippen LogP contribution in [0.2, 0.25) is 0 Å². The van der Waals surface area contributed by atoms with E-state index in [1.165, 1.54) is 41.0 Å². The highest BCUT2D eigenvalue weighted by Crippen LogP contribution is 2.51. The maximum Gasteiger partial charge on any atom is 0.307 e. The lowest BCUT2D eigenvalue weighted by atomic mass is 9.99. The second-order valence-electron chi connectivity index (χ2n) is 4.59. The molecule has 3 rings (SSSR count). The third-order valence-corrected chi connectivity index (χ3v) is 4.86. The van der Waals surface area contributed by atoms with Gasteiger partial charge >= 0.3 is 5.97 Å². The van der Waals surface area contributed by atoms with E-state index in [0.29, 0.717) is 5.92 Å². The molecular formula is C12H14O2S. The molecule has 0 aromatic carbocycles. The van der Waals surface area contributed by atoms with Crippen molar-refractivity contribution >= 4 is 17.3 Å². The van der Waals surface area contributed by atoms with Crippen molar-refractivity contribution < 1.29 is 9.90 Å². The highest BCUT2D eigenvalue weighted by molar-refractivity contribution is 7.12. The Morgan fingerprint density at radius 2 is 2.20 bits per heavy atom. The molecule has 2 nitrogen and oxygen atoms in total. The quantitative estimate of drug-likeness (QED) is 0.835. The predicted molar refractivity (Wildman–Crippen MR) is 59.4 cm³/mol. The van der Waals surface area contributed by atoms with Crippen LogP contribution in [-0.4, -0.2) is 11.1 Å². The van der Waals surface area contributed by atoms with Crippen LogP contribution in [0.5, 0.6) is 0 Å². The first-order valence-corrected chi connectivity index (χ1v) is 6.41. The van der Waals surface area contributed by atoms with Crippen LogP contribution >= 0.6 is 11.3 Å². The molecule has 2 aliphatic carbocycles. The summed E-state index contributed by atoms with van der Waals surface area (Å²) in [5.74, 6) is -0.380. The van der Waals surface area contributed by atoms with E-state index < -0.39 is 5.97 Å². The van der Waals surface area contributed by atoms with Gasteiger partial charge in [-0.15, -0.1) is 11.3 Å². The Hall–Kier alpha value is -0.830. The fraction of sp³-hybridized carbons (Fsp3) is 0.583. The second-order valence-corrected chi connectivity index (χ2v) is 5.76. The van der Waals surface area contributed by atoms with Crippen LogP contribution in [0.25, 0.3) is 0 Å². The molecule has 2 atom stereocenters. The van der Waals surface area contributed by atoms with Gasteiger partial charge in [0.2, 0.25) is 0 Å². The van der Waals surface area contributed by atoms with Gasteiger partial charge in [-0.05, 0) is 43.7 Å². The Kier molecular flexibility index (Phi) is 2.09. The average Bonchev–Trinajstić information content (AvgIpc) is 2.91. The van der Waals surface area contributed by atoms with Crippen molar-refractivity contribution in [2.24, 2.45) is 5.92 Å². The van der Waals surface area contributed by atoms with Gasteiger partial charge in [-0.3, -0.25) is 4.79 Å². The minimum atomic E-state index is -0.619. The number of carboxylic acid groups (broad SMARTS) is 1. The molecule has 1 saturated carbocycles. The number of hydrogen-bond donors (Lipinski definition) is 1. The summed E-state index contributed by atoms with van der Waals surface area (Å²) in [4.78, 5) is 13.6. The highest BCUT2D eigenvalue weighted by Gasteiger charge is 2.45. The van der Waals surface area contributed by atoms with Gasteiger partial charge in [-0.25, -0.2) is 0 Å². The Balaban J connectivity index is 1.82. The number of fused-ring (bicyclic) bond motifs is 1. The van der Waals surface area contributed by atoms with Crippen LogP contribution in [0.1, 0.15) is 40.5 Å². The maximum absolute atomic E-state index is 10.8. The van der Waals surface area contributed by atoms with Gasteiger partial charge in [0, 0.05) is 15.7 Å². The minimum absolute atomic E-state index is 0.0925. The van der Waals surface area contributed by atoms with Gasteiger partial charge in [0.05, 0.1) is 5.92 Å². The van der Waals surface area contributed by atoms with Gasteiger partial charge in [0.1, 0.15) is 0 Å². The molecular weight excluding hydrogens is 208 g/mol. The molecule has 0 unspecified atom stereocenters. The Morgan fingerprint density at radius 3 is 2.87 bits per heavy atom. The normalized spacial score (nSPS) is 28.5. The first-order valence-electron chi connectivity index (χ1n) is 5.60. The third kappa shape index (κ3) is 1.59. The van der Waals surface area contributed by atoms with Gasteiger partial charge in [0.25, 0.3) is 0 Å². The SMILES string of the molecule is O=C(O)[C@@H]1C[C@H]1c1cc2c(s1)CCCC2. The number of aryl methyl sites for hydroxylation is 2. The van der Waals surface area contributed by atoms with E-state index in [2.05, 4.69) is 6.07 Å². The van der Waals surface area contributed by atoms with Crippen LogP contribution < -0.4 is 0 Å². The lowest BCUT2D eigenvalue weighted by Crippen LogP contribution is -1.98. The van der Waals surface area contributed by atoms with Crippen LogP contribution in [0, 0.1) is 5.92 Å². The molecule has 0 radical (unpaired) electrons. The van der Waals surface area contributed by atoms with Gasteiger partial charge in [-0.1, -0.05) is 0 Å². The summed E-state index contributed by atoms with van der Waals surface area (Å²) in [5.41, 5.74) is 1.50. The van der Waals surface area contributed by atoms with E-state index in [1.807, 2.05) is 11.3 Å². The zero-order chi connectivity index (χ0) is 10.4. The van der Waals surface area contributed by atoms with Crippen LogP contribution in [0.4, 0.5) is 0 Å². The molecule has 1 aromatic heterocycles. The van der Waals surface area contributed by atoms with Gasteiger partial charge < -0.3 is 5.11 Å². The summed E-state index contributed by atoms with van der Waals surface area (Å²) in [6.07, 6.45) is 5.88. The fourth-order valence-electron chi connectivity index (χ4n) is 2.48. The first kappa shape index (κ1) is 9.40. The highest BCUT2D eigenvalue weighted by atomic mass is 32.1. The predicted octanol–water partition coefficient (Wildman–Crippen LogP) is 2.82. The number of carbonyl (C=O) groups is 1. The lowest BCUT2D eigenvalue weighted by molar-refractivity contribution is -0.138. The fourth-order valence-corrected chi connectivity index (χ4v) is 3.91. The number of rotatable bonds is 2. The lowest BCUT2D eigenvalue weighted by Gasteiger charge is -2.08. The van der Waals surface area contributed by atoms with Crippen molar-refractivity contribution in [1.82, 2.24) is 0 Å². The molecule has 80 valence electrons. The average molecular weight is 222 g/mol. The summed E-state index contributed by atoms with van der Waals surface area (Å²) in [6.45, 7) is 0. The van der Waals surface area contributed by atoms with Crippen molar-refractivity contribution in [3.8, 4) is 0 Å². The van der Waals surface area contributed by atoms with E-state index in [0.717, 1.165) is 6.42 Å². The van der Waals surface area contributed by atoms with Crippen molar-refractivity contribution in [1.29, 1.82) is 0 Å². The third-order valence-electron chi connectivity index (χ3n) is 3.49. The van der Waals surface area contributed by atoms with Crippen LogP contribution in [0.3, 0.4) is 0 Å². The number of aliphatic carboxylic acids is 1. The van der Waals surface area contributed by atoms with Crippen LogP contribution in [0.15, 0.2) is 6.07 Å². The number of thiophene rings is 1. The maximum atomic E-state index is 10.8. The molecule has 0 saturated heterocycles. The molecule has 1 N–H and O–H groups in total. The van der Waals surface area contributed by atoms with E-state index in [4.69, 9.17) is 5.11 Å². The molecule has 1 aromatic rings. The minimum Gasteiger partial charge on any atom is -0.481 e. The number of carboxylic acids is 1. The molecule has 0 aliphatic heterocycles. The van der Waals surface area contributed by atoms with Crippen molar-refractivity contribution in [3.05, 3.63) is 21.4 Å². The summed E-state index contributed by atoms with van der Waals surface area (Å²) in [5, 5.41) is 8.89. The summed E-state index contributed by atoms with van der Waals surface area (Å²) in [6, 6.07) is 2.27. The van der Waals surface area contributed by atoms with E-state index in [1.54, 1.807) is 0 Å². The molecule has 1 fully saturated rings. The summed E-state index contributed by atoms with van der Waals surface area (Å²) < 4.78 is 0. The monoisotopic (exact) mass is 222 g/mol. The largest absolute Gasteiger partial charge is 0.481 e. The summed E-state index contributed by atoms with van der Waals surface area (Å²) in [7, 11) is 0. The first-order chi connectivity index (χ1) is 7.25. The van der Waals surface area contributed by atoms with Crippen LogP contribution in [-0.2, 0) is 17.6 Å². The second kappa shape index (κ2) is 3.34. The Bertz CT molecular complexity index is 384. The van der Waals surface area contributed by atoms with Crippen molar-refractivity contribution in [2.45, 2.75) is 38.0 Å². The van der Waals surface area contributed by atoms with E-state index >= 15 is 0 Å². The molecule has 0 amide bonds. The molecule has 2 aliphatic rings. The van der Waals surface area contributed by atoms with E-state index in [-0.39, 0.29) is 5.92 Å². The van der Waals surface area contributed by atoms with Gasteiger partial charge in [0.15, 0.2) is 0 Å². The zero-order valence-corrected chi connectivity index (χ0v) is 9.35. The number of hydrogen-bond acceptors (Lipinski definition) is 2. The Labute approximate surface area is 92.9 Å². The molecule has 3 heteroatoms.